The number of aryl methyl sites for hydroxylation is 1. The van der Waals surface area contributed by atoms with Gasteiger partial charge in [-0.1, -0.05) is 30.3 Å². The van der Waals surface area contributed by atoms with Crippen LogP contribution in [0, 0.1) is 6.92 Å². The summed E-state index contributed by atoms with van der Waals surface area (Å²) in [5, 5.41) is 0.387. The number of nitrogens with one attached hydrogen (secondary N) is 3. The van der Waals surface area contributed by atoms with Crippen molar-refractivity contribution in [2.24, 2.45) is 0 Å². The molecule has 0 bridgehead atoms. The number of hydrogen-bond acceptors (Lipinski definition) is 3. The van der Waals surface area contributed by atoms with Gasteiger partial charge in [0, 0.05) is 5.69 Å². The van der Waals surface area contributed by atoms with Crippen molar-refractivity contribution in [3.05, 3.63) is 85.0 Å². The van der Waals surface area contributed by atoms with Gasteiger partial charge in [0.1, 0.15) is 10.7 Å². The molecule has 0 radical (unpaired) electrons. The fraction of sp³-hybridized carbons (Fsp3) is 0.0625. The average molecular weight is 294 g/mol. The molecule has 0 aliphatic heterocycles. The zero-order valence-electron chi connectivity index (χ0n) is 11.9. The lowest BCUT2D eigenvalue weighted by Crippen LogP contribution is -2.46. The van der Waals surface area contributed by atoms with E-state index in [1.807, 2.05) is 37.3 Å². The summed E-state index contributed by atoms with van der Waals surface area (Å²) >= 11 is 0. The maximum Gasteiger partial charge on any atom is 0.272 e. The quantitative estimate of drug-likeness (QED) is 0.608. The average Bonchev–Trinajstić information content (AvgIpc) is 2.91. The Hall–Kier alpha value is -3.15. The van der Waals surface area contributed by atoms with Crippen LogP contribution >= 0.6 is 0 Å². The Balaban J connectivity index is 2.16. The molecule has 0 unspecified atom stereocenters. The predicted octanol–water partition coefficient (Wildman–Crippen LogP) is -0.248. The van der Waals surface area contributed by atoms with Crippen molar-refractivity contribution in [3.8, 4) is 0 Å². The summed E-state index contributed by atoms with van der Waals surface area (Å²) in [4.78, 5) is 36.4. The van der Waals surface area contributed by atoms with Crippen LogP contribution in [0.2, 0.25) is 0 Å². The molecule has 6 heteroatoms. The van der Waals surface area contributed by atoms with Crippen LogP contribution in [0.25, 0.3) is 12.2 Å². The SMILES string of the molecule is Cc1[nH]cnc1/C=c1\[nH]c(=O)/c(=C/c2ccccc2)[nH]c1=O. The first-order valence-electron chi connectivity index (χ1n) is 6.74. The Bertz CT molecular complexity index is 1030. The third-order valence-electron chi connectivity index (χ3n) is 3.25. The standard InChI is InChI=1S/C16H14N4O2/c1-10-12(18-9-17-10)8-14-16(22)19-13(15(21)20-14)7-11-5-3-2-4-6-11/h2-9H,1H3,(H,17,18)(H,19,22)(H,20,21)/b13-7-,14-8-. The molecule has 0 saturated carbocycles. The van der Waals surface area contributed by atoms with Gasteiger partial charge < -0.3 is 15.0 Å². The summed E-state index contributed by atoms with van der Waals surface area (Å²) in [6.07, 6.45) is 4.70. The molecule has 0 spiro atoms. The van der Waals surface area contributed by atoms with Crippen molar-refractivity contribution in [2.45, 2.75) is 6.92 Å². The van der Waals surface area contributed by atoms with Crippen LogP contribution < -0.4 is 21.8 Å². The molecule has 0 saturated heterocycles. The minimum absolute atomic E-state index is 0.172. The highest BCUT2D eigenvalue weighted by Crippen LogP contribution is 1.99. The highest BCUT2D eigenvalue weighted by atomic mass is 16.1. The van der Waals surface area contributed by atoms with E-state index in [0.29, 0.717) is 5.69 Å². The molecule has 0 aliphatic carbocycles. The molecular weight excluding hydrogens is 280 g/mol. The fourth-order valence-electron chi connectivity index (χ4n) is 2.06. The number of nitrogens with zero attached hydrogens (tertiary/aromatic N) is 1. The first-order valence-corrected chi connectivity index (χ1v) is 6.74. The number of aromatic nitrogens is 4. The fourth-order valence-corrected chi connectivity index (χ4v) is 2.06. The highest BCUT2D eigenvalue weighted by Gasteiger charge is 2.00. The van der Waals surface area contributed by atoms with Crippen LogP contribution in [0.4, 0.5) is 0 Å². The zero-order chi connectivity index (χ0) is 15.5. The highest BCUT2D eigenvalue weighted by molar-refractivity contribution is 5.48. The zero-order valence-corrected chi connectivity index (χ0v) is 11.9. The third-order valence-corrected chi connectivity index (χ3v) is 3.25. The first-order chi connectivity index (χ1) is 10.6. The van der Waals surface area contributed by atoms with Crippen LogP contribution in [-0.2, 0) is 0 Å². The number of H-pyrrole nitrogens is 3. The van der Waals surface area contributed by atoms with E-state index in [1.54, 1.807) is 12.2 Å². The second-order valence-corrected chi connectivity index (χ2v) is 4.85. The molecule has 0 atom stereocenters. The van der Waals surface area contributed by atoms with E-state index in [4.69, 9.17) is 0 Å². The van der Waals surface area contributed by atoms with E-state index < -0.39 is 0 Å². The number of aromatic amines is 3. The van der Waals surface area contributed by atoms with Crippen molar-refractivity contribution in [1.82, 2.24) is 19.9 Å². The Labute approximate surface area is 124 Å². The predicted molar refractivity (Wildman–Crippen MR) is 83.8 cm³/mol. The van der Waals surface area contributed by atoms with Crippen LogP contribution in [0.5, 0.6) is 0 Å². The van der Waals surface area contributed by atoms with E-state index in [9.17, 15) is 9.59 Å². The van der Waals surface area contributed by atoms with Crippen molar-refractivity contribution in [1.29, 1.82) is 0 Å². The number of imidazole rings is 1. The summed E-state index contributed by atoms with van der Waals surface area (Å²) in [5.74, 6) is 0. The topological polar surface area (TPSA) is 94.4 Å². The smallest absolute Gasteiger partial charge is 0.272 e. The second kappa shape index (κ2) is 5.69. The monoisotopic (exact) mass is 294 g/mol. The van der Waals surface area contributed by atoms with Crippen LogP contribution in [0.1, 0.15) is 17.0 Å². The molecule has 0 aliphatic rings. The van der Waals surface area contributed by atoms with Crippen LogP contribution in [0.3, 0.4) is 0 Å². The van der Waals surface area contributed by atoms with Crippen LogP contribution in [0.15, 0.2) is 46.2 Å². The van der Waals surface area contributed by atoms with Crippen LogP contribution in [-0.4, -0.2) is 19.9 Å². The molecule has 0 fully saturated rings. The largest absolute Gasteiger partial charge is 0.348 e. The summed E-state index contributed by atoms with van der Waals surface area (Å²) < 4.78 is 0. The molecule has 1 aromatic carbocycles. The Morgan fingerprint density at radius 3 is 2.18 bits per heavy atom. The summed E-state index contributed by atoms with van der Waals surface area (Å²) in [7, 11) is 0. The summed E-state index contributed by atoms with van der Waals surface area (Å²) in [6.45, 7) is 1.84. The van der Waals surface area contributed by atoms with Gasteiger partial charge in [-0.25, -0.2) is 4.98 Å². The number of rotatable bonds is 2. The summed E-state index contributed by atoms with van der Waals surface area (Å²) in [5.41, 5.74) is 1.54. The lowest BCUT2D eigenvalue weighted by Gasteiger charge is -1.93. The van der Waals surface area contributed by atoms with Gasteiger partial charge in [0.05, 0.1) is 12.0 Å². The Morgan fingerprint density at radius 1 is 0.955 bits per heavy atom. The van der Waals surface area contributed by atoms with Gasteiger partial charge in [-0.2, -0.15) is 0 Å². The minimum atomic E-state index is -0.371. The lowest BCUT2D eigenvalue weighted by molar-refractivity contribution is 1.00. The molecule has 2 heterocycles. The molecule has 3 aromatic rings. The Kier molecular flexibility index (Phi) is 3.57. The summed E-state index contributed by atoms with van der Waals surface area (Å²) in [6, 6.07) is 9.31. The van der Waals surface area contributed by atoms with Gasteiger partial charge >= 0.3 is 0 Å². The van der Waals surface area contributed by atoms with Gasteiger partial charge in [0.25, 0.3) is 11.1 Å². The van der Waals surface area contributed by atoms with Gasteiger partial charge in [0.2, 0.25) is 0 Å². The van der Waals surface area contributed by atoms with Crippen molar-refractivity contribution in [3.63, 3.8) is 0 Å². The molecule has 0 amide bonds. The number of hydrogen-bond donors (Lipinski definition) is 3. The number of benzene rings is 1. The molecule has 2 aromatic heterocycles. The van der Waals surface area contributed by atoms with E-state index >= 15 is 0 Å². The normalized spacial score (nSPS) is 12.8. The van der Waals surface area contributed by atoms with E-state index in [2.05, 4.69) is 19.9 Å². The van der Waals surface area contributed by atoms with Crippen molar-refractivity contribution in [2.75, 3.05) is 0 Å². The first kappa shape index (κ1) is 13.8. The molecule has 3 N–H and O–H groups in total. The van der Waals surface area contributed by atoms with Gasteiger partial charge in [0.15, 0.2) is 0 Å². The maximum atomic E-state index is 12.1. The van der Waals surface area contributed by atoms with Crippen molar-refractivity contribution < 1.29 is 0 Å². The second-order valence-electron chi connectivity index (χ2n) is 4.85. The maximum absolute atomic E-state index is 12.1. The van der Waals surface area contributed by atoms with Gasteiger partial charge in [-0.05, 0) is 24.6 Å². The van der Waals surface area contributed by atoms with Gasteiger partial charge in [-0.15, -0.1) is 0 Å². The Morgan fingerprint density at radius 2 is 1.59 bits per heavy atom. The molecule has 110 valence electrons. The lowest BCUT2D eigenvalue weighted by atomic mass is 10.2. The van der Waals surface area contributed by atoms with E-state index in [-0.39, 0.29) is 21.8 Å². The molecular formula is C16H14N4O2. The molecule has 3 rings (SSSR count). The minimum Gasteiger partial charge on any atom is -0.348 e. The van der Waals surface area contributed by atoms with E-state index in [1.165, 1.54) is 6.33 Å². The van der Waals surface area contributed by atoms with Gasteiger partial charge in [-0.3, -0.25) is 9.59 Å². The van der Waals surface area contributed by atoms with Crippen molar-refractivity contribution >= 4 is 12.2 Å². The third kappa shape index (κ3) is 2.80. The van der Waals surface area contributed by atoms with E-state index in [0.717, 1.165) is 11.3 Å². The molecule has 6 nitrogen and oxygen atoms in total. The molecule has 22 heavy (non-hydrogen) atoms.